The molecule has 2 heterocycles. The van der Waals surface area contributed by atoms with Crippen LogP contribution in [0.15, 0.2) is 0 Å². The first kappa shape index (κ1) is 15.4. The van der Waals surface area contributed by atoms with Crippen LogP contribution in [-0.4, -0.2) is 51.2 Å². The Morgan fingerprint density at radius 3 is 2.81 bits per heavy atom. The number of carbonyl (C=O) groups is 1. The standard InChI is InChI=1S/C13H21N5O3/c1-9-8-14-5-7-16(9)12(19)4-6-17-11(3)13(18(20)21)10(2)15-17/h9,14H,4-8H2,1-3H3. The highest BCUT2D eigenvalue weighted by atomic mass is 16.6. The van der Waals surface area contributed by atoms with Gasteiger partial charge in [-0.05, 0) is 20.8 Å². The molecule has 1 aliphatic rings. The molecule has 116 valence electrons. The van der Waals surface area contributed by atoms with E-state index in [0.29, 0.717) is 30.9 Å². The van der Waals surface area contributed by atoms with Crippen molar-refractivity contribution in [3.05, 3.63) is 21.5 Å². The lowest BCUT2D eigenvalue weighted by Gasteiger charge is -2.34. The Morgan fingerprint density at radius 2 is 2.24 bits per heavy atom. The Morgan fingerprint density at radius 1 is 1.52 bits per heavy atom. The van der Waals surface area contributed by atoms with Crippen molar-refractivity contribution in [3.8, 4) is 0 Å². The Balaban J connectivity index is 2.01. The van der Waals surface area contributed by atoms with E-state index in [9.17, 15) is 14.9 Å². The van der Waals surface area contributed by atoms with Crippen LogP contribution in [0.4, 0.5) is 5.69 Å². The van der Waals surface area contributed by atoms with Crippen LogP contribution < -0.4 is 5.32 Å². The van der Waals surface area contributed by atoms with Gasteiger partial charge in [0.2, 0.25) is 5.91 Å². The van der Waals surface area contributed by atoms with E-state index in [4.69, 9.17) is 0 Å². The van der Waals surface area contributed by atoms with Crippen molar-refractivity contribution in [2.45, 2.75) is 39.8 Å². The van der Waals surface area contributed by atoms with E-state index < -0.39 is 4.92 Å². The highest BCUT2D eigenvalue weighted by Gasteiger charge is 2.25. The van der Waals surface area contributed by atoms with E-state index >= 15 is 0 Å². The third kappa shape index (κ3) is 3.21. The zero-order valence-electron chi connectivity index (χ0n) is 12.6. The summed E-state index contributed by atoms with van der Waals surface area (Å²) >= 11 is 0. The van der Waals surface area contributed by atoms with Gasteiger partial charge in [-0.15, -0.1) is 0 Å². The molecule has 21 heavy (non-hydrogen) atoms. The SMILES string of the molecule is Cc1nn(CCC(=O)N2CCNCC2C)c(C)c1[N+](=O)[O-]. The molecular formula is C13H21N5O3. The lowest BCUT2D eigenvalue weighted by molar-refractivity contribution is -0.386. The molecule has 0 bridgehead atoms. The molecule has 1 N–H and O–H groups in total. The molecule has 1 aromatic rings. The average molecular weight is 295 g/mol. The molecule has 0 spiro atoms. The van der Waals surface area contributed by atoms with Crippen molar-refractivity contribution in [1.82, 2.24) is 20.0 Å². The third-order valence-electron chi connectivity index (χ3n) is 3.88. The van der Waals surface area contributed by atoms with Crippen LogP contribution in [-0.2, 0) is 11.3 Å². The molecule has 8 heteroatoms. The summed E-state index contributed by atoms with van der Waals surface area (Å²) in [5.74, 6) is 0.0687. The van der Waals surface area contributed by atoms with Crippen LogP contribution in [0.2, 0.25) is 0 Å². The Kier molecular flexibility index (Phi) is 4.56. The summed E-state index contributed by atoms with van der Waals surface area (Å²) < 4.78 is 1.55. The Hall–Kier alpha value is -1.96. The normalized spacial score (nSPS) is 18.8. The summed E-state index contributed by atoms with van der Waals surface area (Å²) in [6.45, 7) is 7.97. The fraction of sp³-hybridized carbons (Fsp3) is 0.692. The molecule has 1 amide bonds. The number of nitrogens with zero attached hydrogens (tertiary/aromatic N) is 4. The van der Waals surface area contributed by atoms with Gasteiger partial charge in [-0.3, -0.25) is 19.6 Å². The molecule has 1 fully saturated rings. The quantitative estimate of drug-likeness (QED) is 0.649. The number of piperazine rings is 1. The molecule has 1 unspecified atom stereocenters. The minimum absolute atomic E-state index is 0.0398. The maximum Gasteiger partial charge on any atom is 0.312 e. The van der Waals surface area contributed by atoms with E-state index in [1.165, 1.54) is 0 Å². The van der Waals surface area contributed by atoms with Gasteiger partial charge >= 0.3 is 5.69 Å². The number of rotatable bonds is 4. The van der Waals surface area contributed by atoms with Crippen molar-refractivity contribution in [1.29, 1.82) is 0 Å². The summed E-state index contributed by atoms with van der Waals surface area (Å²) in [5, 5.41) is 18.4. The van der Waals surface area contributed by atoms with E-state index in [1.54, 1.807) is 18.5 Å². The number of hydrogen-bond acceptors (Lipinski definition) is 5. The number of carbonyl (C=O) groups excluding carboxylic acids is 1. The number of nitrogens with one attached hydrogen (secondary N) is 1. The largest absolute Gasteiger partial charge is 0.337 e. The van der Waals surface area contributed by atoms with Gasteiger partial charge in [0.25, 0.3) is 0 Å². The first-order chi connectivity index (χ1) is 9.91. The maximum absolute atomic E-state index is 12.2. The zero-order valence-corrected chi connectivity index (χ0v) is 12.6. The van der Waals surface area contributed by atoms with Crippen molar-refractivity contribution in [2.24, 2.45) is 0 Å². The van der Waals surface area contributed by atoms with Crippen molar-refractivity contribution >= 4 is 11.6 Å². The molecule has 2 rings (SSSR count). The fourth-order valence-corrected chi connectivity index (χ4v) is 2.73. The topological polar surface area (TPSA) is 93.3 Å². The van der Waals surface area contributed by atoms with Gasteiger partial charge in [0, 0.05) is 32.1 Å². The van der Waals surface area contributed by atoms with Crippen molar-refractivity contribution in [3.63, 3.8) is 0 Å². The molecule has 0 aromatic carbocycles. The maximum atomic E-state index is 12.2. The number of amides is 1. The highest BCUT2D eigenvalue weighted by Crippen LogP contribution is 2.22. The van der Waals surface area contributed by atoms with Gasteiger partial charge in [-0.25, -0.2) is 0 Å². The van der Waals surface area contributed by atoms with Gasteiger partial charge in [-0.2, -0.15) is 5.10 Å². The average Bonchev–Trinajstić information content (AvgIpc) is 2.71. The molecule has 0 aliphatic carbocycles. The minimum Gasteiger partial charge on any atom is -0.337 e. The number of aryl methyl sites for hydroxylation is 2. The van der Waals surface area contributed by atoms with Gasteiger partial charge in [0.15, 0.2) is 0 Å². The first-order valence-corrected chi connectivity index (χ1v) is 7.10. The summed E-state index contributed by atoms with van der Waals surface area (Å²) in [7, 11) is 0. The molecule has 0 radical (unpaired) electrons. The molecule has 1 saturated heterocycles. The van der Waals surface area contributed by atoms with Crippen LogP contribution in [0.3, 0.4) is 0 Å². The number of hydrogen-bond donors (Lipinski definition) is 1. The van der Waals surface area contributed by atoms with Gasteiger partial charge in [-0.1, -0.05) is 0 Å². The van der Waals surface area contributed by atoms with Crippen LogP contribution in [0.25, 0.3) is 0 Å². The molecule has 1 aromatic heterocycles. The Bertz CT molecular complexity index is 554. The predicted molar refractivity (Wildman–Crippen MR) is 77.0 cm³/mol. The van der Waals surface area contributed by atoms with E-state index in [0.717, 1.165) is 13.1 Å². The second kappa shape index (κ2) is 6.21. The van der Waals surface area contributed by atoms with Crippen molar-refractivity contribution < 1.29 is 9.72 Å². The van der Waals surface area contributed by atoms with Crippen molar-refractivity contribution in [2.75, 3.05) is 19.6 Å². The smallest absolute Gasteiger partial charge is 0.312 e. The molecule has 0 saturated carbocycles. The van der Waals surface area contributed by atoms with Crippen LogP contribution in [0, 0.1) is 24.0 Å². The zero-order chi connectivity index (χ0) is 15.6. The van der Waals surface area contributed by atoms with E-state index in [1.807, 2.05) is 11.8 Å². The number of aromatic nitrogens is 2. The summed E-state index contributed by atoms with van der Waals surface area (Å²) in [4.78, 5) is 24.6. The van der Waals surface area contributed by atoms with Gasteiger partial charge in [0.05, 0.1) is 11.5 Å². The van der Waals surface area contributed by atoms with Crippen LogP contribution in [0.5, 0.6) is 0 Å². The van der Waals surface area contributed by atoms with Gasteiger partial charge < -0.3 is 10.2 Å². The Labute approximate surface area is 123 Å². The molecule has 8 nitrogen and oxygen atoms in total. The predicted octanol–water partition coefficient (Wildman–Crippen LogP) is 0.619. The van der Waals surface area contributed by atoms with Gasteiger partial charge in [0.1, 0.15) is 11.4 Å². The van der Waals surface area contributed by atoms with Crippen LogP contribution in [0.1, 0.15) is 24.7 Å². The second-order valence-electron chi connectivity index (χ2n) is 5.39. The highest BCUT2D eigenvalue weighted by molar-refractivity contribution is 5.76. The fourth-order valence-electron chi connectivity index (χ4n) is 2.73. The van der Waals surface area contributed by atoms with Crippen LogP contribution >= 0.6 is 0 Å². The molecule has 1 aliphatic heterocycles. The minimum atomic E-state index is -0.422. The number of nitro groups is 1. The monoisotopic (exact) mass is 295 g/mol. The molecular weight excluding hydrogens is 274 g/mol. The second-order valence-corrected chi connectivity index (χ2v) is 5.39. The lowest BCUT2D eigenvalue weighted by atomic mass is 10.2. The summed E-state index contributed by atoms with van der Waals surface area (Å²) in [6.07, 6.45) is 0.309. The lowest BCUT2D eigenvalue weighted by Crippen LogP contribution is -2.52. The summed E-state index contributed by atoms with van der Waals surface area (Å²) in [6, 6.07) is 0.182. The van der Waals surface area contributed by atoms with E-state index in [2.05, 4.69) is 10.4 Å². The first-order valence-electron chi connectivity index (χ1n) is 7.10. The summed E-state index contributed by atoms with van der Waals surface area (Å²) in [5.41, 5.74) is 0.928. The van der Waals surface area contributed by atoms with E-state index in [-0.39, 0.29) is 17.6 Å². The molecule has 1 atom stereocenters. The third-order valence-corrected chi connectivity index (χ3v) is 3.88.